The summed E-state index contributed by atoms with van der Waals surface area (Å²) in [7, 11) is 0. The van der Waals surface area contributed by atoms with E-state index in [0.717, 1.165) is 45.4 Å². The van der Waals surface area contributed by atoms with Crippen molar-refractivity contribution >= 4 is 23.2 Å². The van der Waals surface area contributed by atoms with Crippen LogP contribution in [0.15, 0.2) is 17.5 Å². The van der Waals surface area contributed by atoms with Crippen LogP contribution < -0.4 is 20.4 Å². The predicted molar refractivity (Wildman–Crippen MR) is 97.9 cm³/mol. The molecule has 7 heteroatoms. The molecule has 6 nitrogen and oxygen atoms in total. The lowest BCUT2D eigenvalue weighted by Gasteiger charge is -2.32. The molecule has 0 spiro atoms. The van der Waals surface area contributed by atoms with Crippen molar-refractivity contribution in [1.29, 1.82) is 0 Å². The summed E-state index contributed by atoms with van der Waals surface area (Å²) >= 11 is 1.73. The van der Waals surface area contributed by atoms with Crippen molar-refractivity contribution in [3.8, 4) is 0 Å². The van der Waals surface area contributed by atoms with Crippen LogP contribution in [0.2, 0.25) is 0 Å². The number of amides is 2. The van der Waals surface area contributed by atoms with E-state index in [1.165, 1.54) is 14.7 Å². The maximum Gasteiger partial charge on any atom is 0.278 e. The Hall–Kier alpha value is -1.44. The van der Waals surface area contributed by atoms with Crippen LogP contribution in [-0.4, -0.2) is 63.2 Å². The number of carbonyl (C=O) groups is 2. The number of quaternary nitrogens is 2. The van der Waals surface area contributed by atoms with Gasteiger partial charge in [0.15, 0.2) is 12.6 Å². The standard InChI is InChI=1S/C18H28N4O2S/c1-14(18(24)19-7-6-16-3-2-12-25-16)22-10-8-21(9-11-22)13-17(23)20-15-4-5-15/h2-3,12,14-15H,4-11,13H2,1H3,(H,19,24)(H,20,23)/p+2/t14-/m0/s1. The van der Waals surface area contributed by atoms with Crippen LogP contribution in [0.25, 0.3) is 0 Å². The van der Waals surface area contributed by atoms with Crippen LogP contribution in [0.3, 0.4) is 0 Å². The van der Waals surface area contributed by atoms with Crippen LogP contribution in [-0.2, 0) is 16.0 Å². The van der Waals surface area contributed by atoms with Gasteiger partial charge in [-0.2, -0.15) is 0 Å². The highest BCUT2D eigenvalue weighted by molar-refractivity contribution is 7.09. The number of thiophene rings is 1. The Kier molecular flexibility index (Phi) is 6.45. The van der Waals surface area contributed by atoms with E-state index >= 15 is 0 Å². The number of piperazine rings is 1. The van der Waals surface area contributed by atoms with Gasteiger partial charge in [0.1, 0.15) is 26.2 Å². The van der Waals surface area contributed by atoms with Crippen LogP contribution >= 0.6 is 11.3 Å². The molecular weight excluding hydrogens is 336 g/mol. The molecule has 1 aliphatic heterocycles. The summed E-state index contributed by atoms with van der Waals surface area (Å²) in [6, 6.07) is 4.57. The first kappa shape index (κ1) is 18.4. The van der Waals surface area contributed by atoms with Crippen molar-refractivity contribution < 1.29 is 19.4 Å². The van der Waals surface area contributed by atoms with Gasteiger partial charge in [0.2, 0.25) is 0 Å². The first-order valence-electron chi connectivity index (χ1n) is 9.39. The Morgan fingerprint density at radius 2 is 2.04 bits per heavy atom. The van der Waals surface area contributed by atoms with E-state index in [-0.39, 0.29) is 17.9 Å². The molecule has 1 saturated heterocycles. The topological polar surface area (TPSA) is 67.1 Å². The molecule has 2 amide bonds. The zero-order chi connectivity index (χ0) is 17.6. The molecule has 2 fully saturated rings. The van der Waals surface area contributed by atoms with Gasteiger partial charge in [-0.1, -0.05) is 6.07 Å². The fraction of sp³-hybridized carbons (Fsp3) is 0.667. The third kappa shape index (κ3) is 5.80. The molecule has 1 saturated carbocycles. The molecule has 0 radical (unpaired) electrons. The van der Waals surface area contributed by atoms with Gasteiger partial charge in [-0.05, 0) is 37.6 Å². The summed E-state index contributed by atoms with van der Waals surface area (Å²) in [5.74, 6) is 0.321. The Labute approximate surface area is 153 Å². The van der Waals surface area contributed by atoms with E-state index in [0.29, 0.717) is 19.1 Å². The Balaban J connectivity index is 1.33. The molecule has 4 N–H and O–H groups in total. The highest BCUT2D eigenvalue weighted by Gasteiger charge is 2.32. The number of nitrogens with one attached hydrogen (secondary N) is 4. The Bertz CT molecular complexity index is 566. The molecular formula is C18H30N4O2S+2. The molecule has 25 heavy (non-hydrogen) atoms. The quantitative estimate of drug-likeness (QED) is 0.424. The Morgan fingerprint density at radius 3 is 2.68 bits per heavy atom. The van der Waals surface area contributed by atoms with E-state index < -0.39 is 0 Å². The average molecular weight is 367 g/mol. The molecule has 2 heterocycles. The summed E-state index contributed by atoms with van der Waals surface area (Å²) in [5, 5.41) is 8.19. The van der Waals surface area contributed by atoms with Gasteiger partial charge >= 0.3 is 0 Å². The summed E-state index contributed by atoms with van der Waals surface area (Å²) in [6.07, 6.45) is 3.18. The minimum atomic E-state index is -0.0230. The SMILES string of the molecule is C[C@@H](C(=O)NCCc1cccs1)[NH+]1CC[NH+](CC(=O)NC2CC2)CC1. The molecule has 0 aromatic carbocycles. The zero-order valence-electron chi connectivity index (χ0n) is 15.0. The fourth-order valence-corrected chi connectivity index (χ4v) is 4.08. The van der Waals surface area contributed by atoms with E-state index in [1.54, 1.807) is 11.3 Å². The van der Waals surface area contributed by atoms with Gasteiger partial charge in [-0.15, -0.1) is 11.3 Å². The molecule has 1 aromatic rings. The first-order chi connectivity index (χ1) is 12.1. The number of carbonyl (C=O) groups excluding carboxylic acids is 2. The molecule has 1 atom stereocenters. The number of rotatable bonds is 8. The van der Waals surface area contributed by atoms with Gasteiger partial charge in [0, 0.05) is 17.5 Å². The normalized spacial score (nSPS) is 24.5. The molecule has 0 bridgehead atoms. The second-order valence-corrected chi connectivity index (χ2v) is 8.30. The van der Waals surface area contributed by atoms with Crippen molar-refractivity contribution in [2.24, 2.45) is 0 Å². The molecule has 1 aromatic heterocycles. The third-order valence-corrected chi connectivity index (χ3v) is 6.14. The van der Waals surface area contributed by atoms with E-state index in [4.69, 9.17) is 0 Å². The van der Waals surface area contributed by atoms with Gasteiger partial charge < -0.3 is 20.4 Å². The minimum absolute atomic E-state index is 0.0230. The van der Waals surface area contributed by atoms with Crippen LogP contribution in [0.4, 0.5) is 0 Å². The lowest BCUT2D eigenvalue weighted by Crippen LogP contribution is -3.30. The van der Waals surface area contributed by atoms with Gasteiger partial charge in [-0.25, -0.2) is 0 Å². The molecule has 0 unspecified atom stereocenters. The van der Waals surface area contributed by atoms with E-state index in [9.17, 15) is 9.59 Å². The number of hydrogen-bond acceptors (Lipinski definition) is 3. The highest BCUT2D eigenvalue weighted by atomic mass is 32.1. The molecule has 1 aliphatic carbocycles. The second-order valence-electron chi connectivity index (χ2n) is 7.27. The van der Waals surface area contributed by atoms with Crippen LogP contribution in [0, 0.1) is 0 Å². The summed E-state index contributed by atoms with van der Waals surface area (Å²) < 4.78 is 0. The maximum absolute atomic E-state index is 12.4. The summed E-state index contributed by atoms with van der Waals surface area (Å²) in [6.45, 7) is 7.11. The van der Waals surface area contributed by atoms with Gasteiger partial charge in [0.25, 0.3) is 11.8 Å². The largest absolute Gasteiger partial charge is 0.351 e. The lowest BCUT2D eigenvalue weighted by molar-refractivity contribution is -1.01. The second kappa shape index (κ2) is 8.78. The third-order valence-electron chi connectivity index (χ3n) is 5.21. The van der Waals surface area contributed by atoms with Gasteiger partial charge in [0.05, 0.1) is 0 Å². The van der Waals surface area contributed by atoms with Crippen molar-refractivity contribution in [1.82, 2.24) is 10.6 Å². The lowest BCUT2D eigenvalue weighted by atomic mass is 10.2. The van der Waals surface area contributed by atoms with Crippen molar-refractivity contribution in [3.05, 3.63) is 22.4 Å². The van der Waals surface area contributed by atoms with E-state index in [2.05, 4.69) is 22.1 Å². The summed E-state index contributed by atoms with van der Waals surface area (Å²) in [4.78, 5) is 28.2. The smallest absolute Gasteiger partial charge is 0.278 e. The van der Waals surface area contributed by atoms with Crippen molar-refractivity contribution in [2.75, 3.05) is 39.3 Å². The Morgan fingerprint density at radius 1 is 1.28 bits per heavy atom. The maximum atomic E-state index is 12.4. The minimum Gasteiger partial charge on any atom is -0.351 e. The predicted octanol–water partition coefficient (Wildman–Crippen LogP) is -2.14. The van der Waals surface area contributed by atoms with E-state index in [1.807, 2.05) is 13.0 Å². The van der Waals surface area contributed by atoms with Crippen molar-refractivity contribution in [2.45, 2.75) is 38.3 Å². The monoisotopic (exact) mass is 366 g/mol. The van der Waals surface area contributed by atoms with Crippen LogP contribution in [0.1, 0.15) is 24.6 Å². The highest BCUT2D eigenvalue weighted by Crippen LogP contribution is 2.17. The average Bonchev–Trinajstić information content (AvgIpc) is 3.26. The van der Waals surface area contributed by atoms with Crippen LogP contribution in [0.5, 0.6) is 0 Å². The fourth-order valence-electron chi connectivity index (χ4n) is 3.37. The van der Waals surface area contributed by atoms with Gasteiger partial charge in [-0.3, -0.25) is 9.59 Å². The molecule has 138 valence electrons. The zero-order valence-corrected chi connectivity index (χ0v) is 15.8. The molecule has 3 rings (SSSR count). The first-order valence-corrected chi connectivity index (χ1v) is 10.3. The molecule has 2 aliphatic rings. The van der Waals surface area contributed by atoms with Crippen molar-refractivity contribution in [3.63, 3.8) is 0 Å². The number of hydrogen-bond donors (Lipinski definition) is 4. The summed E-state index contributed by atoms with van der Waals surface area (Å²) in [5.41, 5.74) is 0.